The lowest BCUT2D eigenvalue weighted by atomic mass is 9.91. The van der Waals surface area contributed by atoms with Gasteiger partial charge in [-0.25, -0.2) is 0 Å². The summed E-state index contributed by atoms with van der Waals surface area (Å²) < 4.78 is 81.8. The Morgan fingerprint density at radius 1 is 0.950 bits per heavy atom. The van der Waals surface area contributed by atoms with Crippen LogP contribution in [0, 0.1) is 6.92 Å². The highest BCUT2D eigenvalue weighted by Crippen LogP contribution is 2.52. The number of benzene rings is 1. The smallest absolute Gasteiger partial charge is 0.435 e. The van der Waals surface area contributed by atoms with Gasteiger partial charge in [0.15, 0.2) is 0 Å². The molecule has 0 bridgehead atoms. The molecule has 0 heterocycles. The highest BCUT2D eigenvalue weighted by Gasteiger charge is 2.75. The summed E-state index contributed by atoms with van der Waals surface area (Å²) in [6.07, 6.45) is -11.7. The first-order chi connectivity index (χ1) is 8.92. The minimum absolute atomic E-state index is 0.467. The third-order valence-corrected chi connectivity index (χ3v) is 2.55. The van der Waals surface area contributed by atoms with Crippen LogP contribution in [0.3, 0.4) is 0 Å². The number of aryl methyl sites for hydroxylation is 1. The topological polar surface area (TPSA) is 26.3 Å². The molecule has 2 nitrogen and oxygen atoms in total. The molecule has 0 atom stereocenters. The van der Waals surface area contributed by atoms with E-state index in [-0.39, 0.29) is 0 Å². The first-order valence-electron chi connectivity index (χ1n) is 5.32. The molecular formula is C12H10F6O2. The van der Waals surface area contributed by atoms with Crippen molar-refractivity contribution in [3.05, 3.63) is 35.4 Å². The van der Waals surface area contributed by atoms with Gasteiger partial charge in [0.05, 0.1) is 0 Å². The van der Waals surface area contributed by atoms with Crippen LogP contribution in [0.15, 0.2) is 24.3 Å². The zero-order valence-electron chi connectivity index (χ0n) is 10.4. The van der Waals surface area contributed by atoms with Crippen LogP contribution >= 0.6 is 0 Å². The molecule has 0 aliphatic heterocycles. The monoisotopic (exact) mass is 300 g/mol. The molecule has 1 aromatic carbocycles. The van der Waals surface area contributed by atoms with Gasteiger partial charge in [-0.3, -0.25) is 4.79 Å². The molecule has 0 spiro atoms. The van der Waals surface area contributed by atoms with E-state index in [0.717, 1.165) is 12.1 Å². The van der Waals surface area contributed by atoms with E-state index in [1.54, 1.807) is 0 Å². The highest BCUT2D eigenvalue weighted by molar-refractivity contribution is 5.67. The fourth-order valence-corrected chi connectivity index (χ4v) is 1.67. The van der Waals surface area contributed by atoms with Gasteiger partial charge in [0.1, 0.15) is 0 Å². The molecule has 20 heavy (non-hydrogen) atoms. The lowest BCUT2D eigenvalue weighted by Gasteiger charge is -2.36. The summed E-state index contributed by atoms with van der Waals surface area (Å²) in [6, 6.07) is 3.43. The molecule has 1 aromatic rings. The third-order valence-electron chi connectivity index (χ3n) is 2.55. The second kappa shape index (κ2) is 4.99. The Kier molecular flexibility index (Phi) is 4.07. The van der Waals surface area contributed by atoms with Crippen LogP contribution in [0.25, 0.3) is 0 Å². The molecule has 0 aliphatic rings. The van der Waals surface area contributed by atoms with Crippen molar-refractivity contribution in [3.8, 4) is 0 Å². The normalized spacial score (nSPS) is 13.2. The van der Waals surface area contributed by atoms with Gasteiger partial charge in [0.2, 0.25) is 0 Å². The maximum Gasteiger partial charge on any atom is 0.442 e. The van der Waals surface area contributed by atoms with E-state index in [1.807, 2.05) is 0 Å². The van der Waals surface area contributed by atoms with E-state index in [9.17, 15) is 31.1 Å². The number of carbonyl (C=O) groups excluding carboxylic acids is 1. The molecule has 0 aromatic heterocycles. The van der Waals surface area contributed by atoms with Crippen LogP contribution in [0.4, 0.5) is 26.3 Å². The number of ether oxygens (including phenoxy) is 1. The molecule has 0 fully saturated rings. The Hall–Kier alpha value is -1.73. The van der Waals surface area contributed by atoms with Crippen molar-refractivity contribution in [2.45, 2.75) is 31.8 Å². The fourth-order valence-electron chi connectivity index (χ4n) is 1.67. The molecule has 112 valence electrons. The Morgan fingerprint density at radius 2 is 1.35 bits per heavy atom. The van der Waals surface area contributed by atoms with Crippen molar-refractivity contribution in [1.29, 1.82) is 0 Å². The second-order valence-corrected chi connectivity index (χ2v) is 4.14. The molecule has 0 radical (unpaired) electrons. The van der Waals surface area contributed by atoms with E-state index >= 15 is 0 Å². The van der Waals surface area contributed by atoms with Crippen LogP contribution in [0.2, 0.25) is 0 Å². The minimum atomic E-state index is -5.84. The molecular weight excluding hydrogens is 290 g/mol. The number of esters is 1. The van der Waals surface area contributed by atoms with Gasteiger partial charge < -0.3 is 4.74 Å². The van der Waals surface area contributed by atoms with Crippen molar-refractivity contribution >= 4 is 5.97 Å². The Bertz CT molecular complexity index is 472. The largest absolute Gasteiger partial charge is 0.442 e. The van der Waals surface area contributed by atoms with Gasteiger partial charge in [-0.1, -0.05) is 29.8 Å². The van der Waals surface area contributed by atoms with Gasteiger partial charge in [-0.2, -0.15) is 26.3 Å². The zero-order chi connectivity index (χ0) is 15.8. The molecule has 0 saturated heterocycles. The van der Waals surface area contributed by atoms with Gasteiger partial charge >= 0.3 is 23.9 Å². The van der Waals surface area contributed by atoms with Crippen molar-refractivity contribution in [3.63, 3.8) is 0 Å². The van der Waals surface area contributed by atoms with E-state index in [1.165, 1.54) is 6.92 Å². The fraction of sp³-hybridized carbons (Fsp3) is 0.417. The Morgan fingerprint density at radius 3 is 1.65 bits per heavy atom. The second-order valence-electron chi connectivity index (χ2n) is 4.14. The summed E-state index contributed by atoms with van der Waals surface area (Å²) in [5.74, 6) is -1.68. The highest BCUT2D eigenvalue weighted by atomic mass is 19.4. The lowest BCUT2D eigenvalue weighted by molar-refractivity contribution is -0.377. The Balaban J connectivity index is 3.61. The SMILES string of the molecule is CC(=O)OC(c1ccc(C)cc1)(C(F)(F)F)C(F)(F)F. The molecule has 1 rings (SSSR count). The van der Waals surface area contributed by atoms with E-state index in [4.69, 9.17) is 0 Å². The third kappa shape index (κ3) is 2.73. The molecule has 8 heteroatoms. The minimum Gasteiger partial charge on any atom is -0.435 e. The lowest BCUT2D eigenvalue weighted by Crippen LogP contribution is -2.56. The average Bonchev–Trinajstić information content (AvgIpc) is 2.23. The first kappa shape index (κ1) is 16.3. The maximum atomic E-state index is 13.0. The standard InChI is InChI=1S/C12H10F6O2/c1-7-3-5-9(6-4-7)10(11(13,14)15,12(16,17)18)20-8(2)19/h3-6H,1-2H3. The Labute approximate surface area is 110 Å². The summed E-state index contributed by atoms with van der Waals surface area (Å²) in [4.78, 5) is 10.8. The van der Waals surface area contributed by atoms with Crippen molar-refractivity contribution < 1.29 is 35.9 Å². The van der Waals surface area contributed by atoms with Crippen LogP contribution in [-0.2, 0) is 15.1 Å². The predicted octanol–water partition coefficient (Wildman–Crippen LogP) is 3.88. The number of alkyl halides is 6. The molecule has 0 amide bonds. The van der Waals surface area contributed by atoms with Gasteiger partial charge in [0.25, 0.3) is 0 Å². The number of hydrogen-bond acceptors (Lipinski definition) is 2. The summed E-state index contributed by atoms with van der Waals surface area (Å²) in [5, 5.41) is 0. The van der Waals surface area contributed by atoms with Crippen molar-refractivity contribution in [1.82, 2.24) is 0 Å². The van der Waals surface area contributed by atoms with Crippen LogP contribution in [0.1, 0.15) is 18.1 Å². The zero-order valence-corrected chi connectivity index (χ0v) is 10.4. The van der Waals surface area contributed by atoms with Gasteiger partial charge in [-0.05, 0) is 6.92 Å². The molecule has 0 N–H and O–H groups in total. The first-order valence-corrected chi connectivity index (χ1v) is 5.32. The number of carbonyl (C=O) groups is 1. The maximum absolute atomic E-state index is 13.0. The van der Waals surface area contributed by atoms with E-state index in [2.05, 4.69) is 4.74 Å². The van der Waals surface area contributed by atoms with Crippen LogP contribution in [0.5, 0.6) is 0 Å². The number of rotatable bonds is 2. The average molecular weight is 300 g/mol. The molecule has 0 saturated carbocycles. The predicted molar refractivity (Wildman–Crippen MR) is 56.7 cm³/mol. The van der Waals surface area contributed by atoms with Crippen molar-refractivity contribution in [2.75, 3.05) is 0 Å². The van der Waals surface area contributed by atoms with Crippen LogP contribution < -0.4 is 0 Å². The van der Waals surface area contributed by atoms with Gasteiger partial charge in [0, 0.05) is 12.5 Å². The molecule has 0 unspecified atom stereocenters. The summed E-state index contributed by atoms with van der Waals surface area (Å²) in [5.41, 5.74) is -5.40. The van der Waals surface area contributed by atoms with Crippen LogP contribution in [-0.4, -0.2) is 18.3 Å². The quantitative estimate of drug-likeness (QED) is 0.612. The number of halogens is 6. The van der Waals surface area contributed by atoms with Crippen molar-refractivity contribution in [2.24, 2.45) is 0 Å². The summed E-state index contributed by atoms with van der Waals surface area (Å²) in [7, 11) is 0. The summed E-state index contributed by atoms with van der Waals surface area (Å²) in [6.45, 7) is 1.99. The van der Waals surface area contributed by atoms with E-state index < -0.39 is 29.5 Å². The van der Waals surface area contributed by atoms with Gasteiger partial charge in [-0.15, -0.1) is 0 Å². The summed E-state index contributed by atoms with van der Waals surface area (Å²) >= 11 is 0. The molecule has 0 aliphatic carbocycles. The van der Waals surface area contributed by atoms with E-state index in [0.29, 0.717) is 24.6 Å². The number of hydrogen-bond donors (Lipinski definition) is 0.